The molecular weight excluding hydrogens is 488 g/mol. The number of ketones is 1. The fraction of sp³-hybridized carbons (Fsp3) is 0.520. The molecule has 0 spiro atoms. The monoisotopic (exact) mass is 524 g/mol. The van der Waals surface area contributed by atoms with E-state index in [1.165, 1.54) is 23.0 Å². The van der Waals surface area contributed by atoms with Crippen molar-refractivity contribution >= 4 is 31.3 Å². The molecular formula is C25H36N2O6S2. The van der Waals surface area contributed by atoms with Crippen LogP contribution in [-0.2, 0) is 26.5 Å². The van der Waals surface area contributed by atoms with E-state index in [2.05, 4.69) is 5.10 Å². The van der Waals surface area contributed by atoms with Crippen LogP contribution in [0.25, 0.3) is 5.57 Å². The molecule has 2 rings (SSSR count). The number of nitrogens with zero attached hydrogens (tertiary/aromatic N) is 2. The van der Waals surface area contributed by atoms with Crippen molar-refractivity contribution in [1.82, 2.24) is 9.78 Å². The molecule has 0 saturated heterocycles. The Morgan fingerprint density at radius 3 is 2.17 bits per heavy atom. The van der Waals surface area contributed by atoms with Gasteiger partial charge in [0.2, 0.25) is 5.88 Å². The van der Waals surface area contributed by atoms with Crippen molar-refractivity contribution in [2.75, 3.05) is 12.0 Å². The molecule has 0 amide bonds. The lowest BCUT2D eigenvalue weighted by atomic mass is 9.91. The molecule has 2 aromatic rings. The van der Waals surface area contributed by atoms with Crippen LogP contribution in [0.15, 0.2) is 28.8 Å². The number of allylic oxidation sites excluding steroid dienone is 2. The van der Waals surface area contributed by atoms with Crippen molar-refractivity contribution in [2.24, 2.45) is 0 Å². The first kappa shape index (κ1) is 28.8. The minimum Gasteiger partial charge on any atom is -0.361 e. The minimum absolute atomic E-state index is 0.0252. The molecule has 0 unspecified atom stereocenters. The van der Waals surface area contributed by atoms with Crippen molar-refractivity contribution in [2.45, 2.75) is 78.7 Å². The Balaban J connectivity index is 2.71. The summed E-state index contributed by atoms with van der Waals surface area (Å²) in [5.74, 6) is -0.748. The largest absolute Gasteiger partial charge is 0.361 e. The summed E-state index contributed by atoms with van der Waals surface area (Å²) in [5, 5.41) is 4.24. The normalized spacial score (nSPS) is 12.0. The molecule has 0 aliphatic carbocycles. The molecule has 8 nitrogen and oxygen atoms in total. The van der Waals surface area contributed by atoms with Crippen LogP contribution in [0.3, 0.4) is 0 Å². The number of aryl methyl sites for hydroxylation is 1. The highest BCUT2D eigenvalue weighted by atomic mass is 32.2. The second-order valence-electron chi connectivity index (χ2n) is 8.98. The number of sulfone groups is 1. The predicted molar refractivity (Wildman–Crippen MR) is 138 cm³/mol. The Bertz CT molecular complexity index is 1330. The zero-order chi connectivity index (χ0) is 26.6. The Morgan fingerprint density at radius 1 is 1.00 bits per heavy atom. The molecule has 1 aromatic heterocycles. The van der Waals surface area contributed by atoms with Crippen molar-refractivity contribution in [3.63, 3.8) is 0 Å². The number of carbonyl (C=O) groups excluding carboxylic acids is 1. The first-order chi connectivity index (χ1) is 16.2. The molecule has 0 aliphatic rings. The number of rotatable bonds is 12. The Hall–Kier alpha value is -2.46. The summed E-state index contributed by atoms with van der Waals surface area (Å²) in [6, 6.07) is 2.89. The first-order valence-corrected chi connectivity index (χ1v) is 15.2. The topological polar surface area (TPSA) is 112 Å². The summed E-state index contributed by atoms with van der Waals surface area (Å²) >= 11 is 0. The number of aromatic nitrogens is 2. The standard InChI is InChI=1S/C25H36N2O6S2/c1-8-10-14-27-25(33-35(31,32)15-11-9-2)21(16-26-27)24(28)20-12-13-22(34(7,29)30)23(19(20)6)18(5)17(3)4/h12-13,16H,8-11,14-15H2,1-7H3. The van der Waals surface area contributed by atoms with E-state index in [1.54, 1.807) is 6.92 Å². The van der Waals surface area contributed by atoms with Gasteiger partial charge < -0.3 is 4.18 Å². The lowest BCUT2D eigenvalue weighted by molar-refractivity contribution is 0.103. The van der Waals surface area contributed by atoms with Gasteiger partial charge in [-0.2, -0.15) is 13.5 Å². The van der Waals surface area contributed by atoms with E-state index in [4.69, 9.17) is 4.18 Å². The maximum Gasteiger partial charge on any atom is 0.310 e. The summed E-state index contributed by atoms with van der Waals surface area (Å²) in [6.07, 6.45) is 5.15. The first-order valence-electron chi connectivity index (χ1n) is 11.8. The molecule has 1 aromatic carbocycles. The molecule has 0 bridgehead atoms. The van der Waals surface area contributed by atoms with Crippen LogP contribution in [0, 0.1) is 6.92 Å². The van der Waals surface area contributed by atoms with Crippen LogP contribution in [0.4, 0.5) is 0 Å². The quantitative estimate of drug-likeness (QED) is 0.285. The van der Waals surface area contributed by atoms with Crippen LogP contribution in [-0.4, -0.2) is 44.4 Å². The Kier molecular flexibility index (Phi) is 9.47. The average Bonchev–Trinajstić information content (AvgIpc) is 3.15. The van der Waals surface area contributed by atoms with Crippen LogP contribution >= 0.6 is 0 Å². The Morgan fingerprint density at radius 2 is 1.63 bits per heavy atom. The van der Waals surface area contributed by atoms with E-state index in [-0.39, 0.29) is 27.7 Å². The van der Waals surface area contributed by atoms with E-state index in [0.29, 0.717) is 30.5 Å². The Labute approximate surface area is 209 Å². The molecule has 0 atom stereocenters. The van der Waals surface area contributed by atoms with Gasteiger partial charge in [-0.15, -0.1) is 0 Å². The maximum atomic E-state index is 13.7. The molecule has 0 radical (unpaired) electrons. The highest BCUT2D eigenvalue weighted by Crippen LogP contribution is 2.33. The molecule has 35 heavy (non-hydrogen) atoms. The molecule has 0 N–H and O–H groups in total. The van der Waals surface area contributed by atoms with Gasteiger partial charge in [-0.1, -0.05) is 32.3 Å². The van der Waals surface area contributed by atoms with E-state index in [9.17, 15) is 21.6 Å². The number of unbranched alkanes of at least 4 members (excludes halogenated alkanes) is 2. The fourth-order valence-corrected chi connectivity index (χ4v) is 5.81. The van der Waals surface area contributed by atoms with Gasteiger partial charge in [-0.05, 0) is 69.4 Å². The summed E-state index contributed by atoms with van der Waals surface area (Å²) in [5.41, 5.74) is 2.94. The van der Waals surface area contributed by atoms with E-state index >= 15 is 0 Å². The van der Waals surface area contributed by atoms with Gasteiger partial charge in [0.15, 0.2) is 15.6 Å². The maximum absolute atomic E-state index is 13.7. The van der Waals surface area contributed by atoms with Crippen molar-refractivity contribution in [1.29, 1.82) is 0 Å². The molecule has 0 fully saturated rings. The van der Waals surface area contributed by atoms with Crippen molar-refractivity contribution < 1.29 is 25.8 Å². The predicted octanol–water partition coefficient (Wildman–Crippen LogP) is 4.95. The van der Waals surface area contributed by atoms with E-state index in [0.717, 1.165) is 30.2 Å². The van der Waals surface area contributed by atoms with Crippen molar-refractivity contribution in [3.8, 4) is 5.88 Å². The van der Waals surface area contributed by atoms with Gasteiger partial charge in [0.05, 0.1) is 16.8 Å². The second kappa shape index (κ2) is 11.5. The van der Waals surface area contributed by atoms with Gasteiger partial charge in [0.1, 0.15) is 5.56 Å². The van der Waals surface area contributed by atoms with Crippen LogP contribution in [0.5, 0.6) is 5.88 Å². The fourth-order valence-electron chi connectivity index (χ4n) is 3.67. The number of hydrogen-bond donors (Lipinski definition) is 0. The van der Waals surface area contributed by atoms with Gasteiger partial charge in [-0.25, -0.2) is 13.1 Å². The second-order valence-corrected chi connectivity index (χ2v) is 12.7. The highest BCUT2D eigenvalue weighted by Gasteiger charge is 2.28. The summed E-state index contributed by atoms with van der Waals surface area (Å²) in [4.78, 5) is 13.8. The molecule has 0 saturated carbocycles. The number of carbonyl (C=O) groups is 1. The lowest BCUT2D eigenvalue weighted by Crippen LogP contribution is -2.18. The van der Waals surface area contributed by atoms with E-state index in [1.807, 2.05) is 34.6 Å². The highest BCUT2D eigenvalue weighted by molar-refractivity contribution is 7.90. The smallest absolute Gasteiger partial charge is 0.310 e. The van der Waals surface area contributed by atoms with Gasteiger partial charge in [0.25, 0.3) is 0 Å². The summed E-state index contributed by atoms with van der Waals surface area (Å²) in [6.45, 7) is 11.5. The van der Waals surface area contributed by atoms with Crippen LogP contribution < -0.4 is 4.18 Å². The minimum atomic E-state index is -3.92. The summed E-state index contributed by atoms with van der Waals surface area (Å²) in [7, 11) is -7.48. The van der Waals surface area contributed by atoms with Gasteiger partial charge in [0, 0.05) is 18.4 Å². The average molecular weight is 525 g/mol. The number of benzene rings is 1. The molecule has 10 heteroatoms. The van der Waals surface area contributed by atoms with Crippen LogP contribution in [0.2, 0.25) is 0 Å². The van der Waals surface area contributed by atoms with Crippen LogP contribution in [0.1, 0.15) is 87.4 Å². The third-order valence-corrected chi connectivity index (χ3v) is 8.25. The lowest BCUT2D eigenvalue weighted by Gasteiger charge is -2.17. The summed E-state index contributed by atoms with van der Waals surface area (Å²) < 4.78 is 57.0. The van der Waals surface area contributed by atoms with Gasteiger partial charge >= 0.3 is 10.1 Å². The van der Waals surface area contributed by atoms with Gasteiger partial charge in [-0.3, -0.25) is 4.79 Å². The molecule has 1 heterocycles. The molecule has 194 valence electrons. The number of hydrogen-bond acceptors (Lipinski definition) is 7. The zero-order valence-corrected chi connectivity index (χ0v) is 23.3. The van der Waals surface area contributed by atoms with Crippen molar-refractivity contribution in [3.05, 3.63) is 46.2 Å². The third kappa shape index (κ3) is 6.82. The zero-order valence-electron chi connectivity index (χ0n) is 21.6. The molecule has 0 aliphatic heterocycles. The third-order valence-electron chi connectivity index (χ3n) is 5.91. The van der Waals surface area contributed by atoms with E-state index < -0.39 is 25.7 Å². The SMILES string of the molecule is CCCCn1ncc(C(=O)c2ccc(S(C)(=O)=O)c(C(C)=C(C)C)c2C)c1OS(=O)(=O)CCCC.